The molecule has 2 heterocycles. The van der Waals surface area contributed by atoms with E-state index < -0.39 is 0 Å². The van der Waals surface area contributed by atoms with Crippen LogP contribution in [0, 0.1) is 4.51 Å². The Morgan fingerprint density at radius 1 is 1.60 bits per heavy atom. The van der Waals surface area contributed by atoms with Gasteiger partial charge in [-0.05, 0) is 12.5 Å². The summed E-state index contributed by atoms with van der Waals surface area (Å²) in [5, 5.41) is 9.96. The summed E-state index contributed by atoms with van der Waals surface area (Å²) in [5.74, 6) is 0.815. The summed E-state index contributed by atoms with van der Waals surface area (Å²) < 4.78 is 0.641. The molecular formula is C9H11ClN2NaOS. The van der Waals surface area contributed by atoms with Gasteiger partial charge in [0.05, 0.1) is 15.6 Å². The molecule has 0 aromatic carbocycles. The maximum Gasteiger partial charge on any atom is 0.126 e. The SMILES string of the molecule is OC1CCN(c2[nH]ccc(=S)c2Cl)C1.[Na]. The molecule has 15 heavy (non-hydrogen) atoms. The van der Waals surface area contributed by atoms with Gasteiger partial charge in [-0.2, -0.15) is 0 Å². The van der Waals surface area contributed by atoms with Crippen LogP contribution in [0.2, 0.25) is 5.02 Å². The van der Waals surface area contributed by atoms with Gasteiger partial charge < -0.3 is 15.0 Å². The van der Waals surface area contributed by atoms with Crippen LogP contribution >= 0.6 is 23.8 Å². The van der Waals surface area contributed by atoms with Crippen LogP contribution < -0.4 is 4.90 Å². The van der Waals surface area contributed by atoms with Crippen LogP contribution in [0.5, 0.6) is 0 Å². The van der Waals surface area contributed by atoms with Crippen LogP contribution in [0.25, 0.3) is 0 Å². The zero-order valence-corrected chi connectivity index (χ0v) is 12.1. The van der Waals surface area contributed by atoms with E-state index in [1.807, 2.05) is 4.90 Å². The van der Waals surface area contributed by atoms with E-state index in [2.05, 4.69) is 4.98 Å². The minimum Gasteiger partial charge on any atom is -0.391 e. The van der Waals surface area contributed by atoms with Gasteiger partial charge in [0.2, 0.25) is 0 Å². The molecule has 1 saturated heterocycles. The molecular weight excluding hydrogens is 243 g/mol. The van der Waals surface area contributed by atoms with Crippen molar-refractivity contribution in [3.8, 4) is 0 Å². The zero-order chi connectivity index (χ0) is 10.1. The summed E-state index contributed by atoms with van der Waals surface area (Å²) in [5.41, 5.74) is 0. The standard InChI is InChI=1S/C9H11ClN2OS.Na/c10-8-7(14)1-3-11-9(8)12-4-2-6(13)5-12;/h1,3,6,13H,2,4-5H2,(H,11,14);. The van der Waals surface area contributed by atoms with Crippen LogP contribution in [-0.4, -0.2) is 58.8 Å². The van der Waals surface area contributed by atoms with Crippen molar-refractivity contribution in [3.05, 3.63) is 21.8 Å². The van der Waals surface area contributed by atoms with Gasteiger partial charge in [-0.15, -0.1) is 0 Å². The van der Waals surface area contributed by atoms with Crippen LogP contribution in [-0.2, 0) is 0 Å². The number of halogens is 1. The van der Waals surface area contributed by atoms with E-state index in [0.29, 0.717) is 16.1 Å². The van der Waals surface area contributed by atoms with Crippen molar-refractivity contribution in [3.63, 3.8) is 0 Å². The summed E-state index contributed by atoms with van der Waals surface area (Å²) in [6.45, 7) is 1.44. The number of aliphatic hydroxyl groups is 1. The Labute approximate surface area is 121 Å². The molecule has 0 amide bonds. The molecule has 3 nitrogen and oxygen atoms in total. The normalized spacial score (nSPS) is 20.1. The van der Waals surface area contributed by atoms with E-state index in [1.54, 1.807) is 12.3 Å². The number of nitrogens with one attached hydrogen (secondary N) is 1. The molecule has 1 aliphatic heterocycles. The molecule has 0 spiro atoms. The zero-order valence-electron chi connectivity index (χ0n) is 8.53. The van der Waals surface area contributed by atoms with Gasteiger partial charge in [0.25, 0.3) is 0 Å². The van der Waals surface area contributed by atoms with E-state index in [1.165, 1.54) is 0 Å². The average molecular weight is 254 g/mol. The Hall–Kier alpha value is 0.420. The minimum absolute atomic E-state index is 0. The van der Waals surface area contributed by atoms with E-state index in [-0.39, 0.29) is 35.7 Å². The number of H-pyrrole nitrogens is 1. The van der Waals surface area contributed by atoms with Crippen molar-refractivity contribution >= 4 is 59.2 Å². The predicted molar refractivity (Wildman–Crippen MR) is 65.2 cm³/mol. The molecule has 1 aliphatic rings. The summed E-state index contributed by atoms with van der Waals surface area (Å²) >= 11 is 11.1. The minimum atomic E-state index is -0.256. The molecule has 1 radical (unpaired) electrons. The maximum absolute atomic E-state index is 9.40. The van der Waals surface area contributed by atoms with E-state index >= 15 is 0 Å². The van der Waals surface area contributed by atoms with E-state index in [9.17, 15) is 5.11 Å². The fourth-order valence-corrected chi connectivity index (χ4v) is 2.03. The molecule has 0 aliphatic carbocycles. The Morgan fingerprint density at radius 3 is 2.93 bits per heavy atom. The third kappa shape index (κ3) is 2.96. The number of aromatic amines is 1. The van der Waals surface area contributed by atoms with E-state index in [0.717, 1.165) is 18.8 Å². The molecule has 77 valence electrons. The first-order valence-corrected chi connectivity index (χ1v) is 5.27. The molecule has 1 aromatic rings. The number of hydrogen-bond donors (Lipinski definition) is 2. The number of aromatic nitrogens is 1. The summed E-state index contributed by atoms with van der Waals surface area (Å²) in [7, 11) is 0. The van der Waals surface area contributed by atoms with E-state index in [4.69, 9.17) is 23.8 Å². The van der Waals surface area contributed by atoms with Crippen molar-refractivity contribution in [1.29, 1.82) is 0 Å². The Kier molecular flexibility index (Phi) is 5.09. The Morgan fingerprint density at radius 2 is 2.33 bits per heavy atom. The summed E-state index contributed by atoms with van der Waals surface area (Å²) in [4.78, 5) is 5.07. The van der Waals surface area contributed by atoms with Gasteiger partial charge in [-0.25, -0.2) is 0 Å². The smallest absolute Gasteiger partial charge is 0.126 e. The van der Waals surface area contributed by atoms with Crippen LogP contribution in [0.4, 0.5) is 5.82 Å². The monoisotopic (exact) mass is 253 g/mol. The number of anilines is 1. The fraction of sp³-hybridized carbons (Fsp3) is 0.444. The average Bonchev–Trinajstić information content (AvgIpc) is 2.57. The van der Waals surface area contributed by atoms with Crippen molar-refractivity contribution in [2.75, 3.05) is 18.0 Å². The molecule has 6 heteroatoms. The summed E-state index contributed by atoms with van der Waals surface area (Å²) in [6.07, 6.45) is 2.30. The first-order chi connectivity index (χ1) is 6.68. The molecule has 1 fully saturated rings. The Bertz CT molecular complexity index is 398. The van der Waals surface area contributed by atoms with Gasteiger partial charge in [0, 0.05) is 48.8 Å². The van der Waals surface area contributed by atoms with Crippen molar-refractivity contribution < 1.29 is 5.11 Å². The topological polar surface area (TPSA) is 39.3 Å². The largest absolute Gasteiger partial charge is 0.391 e. The van der Waals surface area contributed by atoms with Gasteiger partial charge in [0.15, 0.2) is 0 Å². The summed E-state index contributed by atoms with van der Waals surface area (Å²) in [6, 6.07) is 1.76. The molecule has 0 bridgehead atoms. The molecule has 1 atom stereocenters. The van der Waals surface area contributed by atoms with Crippen molar-refractivity contribution in [2.45, 2.75) is 12.5 Å². The van der Waals surface area contributed by atoms with Gasteiger partial charge in [-0.1, -0.05) is 23.8 Å². The van der Waals surface area contributed by atoms with Gasteiger partial charge >= 0.3 is 0 Å². The molecule has 2 rings (SSSR count). The number of rotatable bonds is 1. The first kappa shape index (κ1) is 13.5. The van der Waals surface area contributed by atoms with Gasteiger partial charge in [0.1, 0.15) is 5.82 Å². The first-order valence-electron chi connectivity index (χ1n) is 4.48. The molecule has 0 saturated carbocycles. The maximum atomic E-state index is 9.40. The quantitative estimate of drug-likeness (QED) is 0.590. The van der Waals surface area contributed by atoms with Crippen LogP contribution in [0.3, 0.4) is 0 Å². The molecule has 1 unspecified atom stereocenters. The van der Waals surface area contributed by atoms with Gasteiger partial charge in [-0.3, -0.25) is 0 Å². The third-order valence-corrected chi connectivity index (χ3v) is 3.19. The third-order valence-electron chi connectivity index (χ3n) is 2.36. The van der Waals surface area contributed by atoms with Crippen molar-refractivity contribution in [1.82, 2.24) is 4.98 Å². The van der Waals surface area contributed by atoms with Crippen molar-refractivity contribution in [2.24, 2.45) is 0 Å². The second-order valence-corrected chi connectivity index (χ2v) is 4.21. The number of hydrogen-bond acceptors (Lipinski definition) is 3. The predicted octanol–water partition coefficient (Wildman–Crippen LogP) is 1.59. The van der Waals surface area contributed by atoms with Crippen LogP contribution in [0.15, 0.2) is 12.3 Å². The number of aliphatic hydroxyl groups excluding tert-OH is 1. The second kappa shape index (κ2) is 5.66. The number of β-amino-alcohol motifs (C(OH)–C–C–N with tert-alkyl or cyclic N) is 1. The molecule has 1 aromatic heterocycles. The van der Waals surface area contributed by atoms with Crippen LogP contribution in [0.1, 0.15) is 6.42 Å². The molecule has 2 N–H and O–H groups in total. The second-order valence-electron chi connectivity index (χ2n) is 3.39. The number of pyridine rings is 1. The number of nitrogens with zero attached hydrogens (tertiary/aromatic N) is 1. The Balaban J connectivity index is 0.00000112. The fourth-order valence-electron chi connectivity index (χ4n) is 1.62.